The molecule has 0 radical (unpaired) electrons. The first kappa shape index (κ1) is 18.3. The molecule has 1 N–H and O–H groups in total. The number of rotatable bonds is 6. The molecule has 0 aliphatic rings. The molecule has 0 atom stereocenters. The lowest BCUT2D eigenvalue weighted by Gasteiger charge is -2.12. The average molecular weight is 343 g/mol. The van der Waals surface area contributed by atoms with Crippen LogP contribution in [0, 0.1) is 6.92 Å². The summed E-state index contributed by atoms with van der Waals surface area (Å²) in [7, 11) is 4.42. The highest BCUT2D eigenvalue weighted by Crippen LogP contribution is 2.28. The van der Waals surface area contributed by atoms with Crippen LogP contribution in [0.3, 0.4) is 0 Å². The van der Waals surface area contributed by atoms with Gasteiger partial charge in [-0.25, -0.2) is 4.79 Å². The van der Waals surface area contributed by atoms with E-state index in [2.05, 4.69) is 5.32 Å². The van der Waals surface area contributed by atoms with Crippen LogP contribution >= 0.6 is 0 Å². The standard InChI is InChI=1S/C19H21NO5/c1-12-5-7-14(19(22)25-4)11-15(12)20-18(21)10-13-6-8-16(23-2)17(9-13)24-3/h5-9,11H,10H2,1-4H3,(H,20,21). The lowest BCUT2D eigenvalue weighted by molar-refractivity contribution is -0.115. The van der Waals surface area contributed by atoms with Gasteiger partial charge in [-0.1, -0.05) is 12.1 Å². The minimum Gasteiger partial charge on any atom is -0.493 e. The first-order valence-electron chi connectivity index (χ1n) is 7.68. The van der Waals surface area contributed by atoms with Crippen molar-refractivity contribution in [1.82, 2.24) is 0 Å². The predicted octanol–water partition coefficient (Wildman–Crippen LogP) is 2.98. The zero-order valence-corrected chi connectivity index (χ0v) is 14.7. The topological polar surface area (TPSA) is 73.9 Å². The van der Waals surface area contributed by atoms with E-state index in [0.717, 1.165) is 11.1 Å². The molecule has 2 aromatic rings. The van der Waals surface area contributed by atoms with Crippen LogP contribution in [0.15, 0.2) is 36.4 Å². The SMILES string of the molecule is COC(=O)c1ccc(C)c(NC(=O)Cc2ccc(OC)c(OC)c2)c1. The van der Waals surface area contributed by atoms with E-state index >= 15 is 0 Å². The van der Waals surface area contributed by atoms with Gasteiger partial charge in [-0.3, -0.25) is 4.79 Å². The summed E-state index contributed by atoms with van der Waals surface area (Å²) in [5, 5.41) is 2.83. The maximum atomic E-state index is 12.3. The van der Waals surface area contributed by atoms with Gasteiger partial charge < -0.3 is 19.5 Å². The van der Waals surface area contributed by atoms with Crippen molar-refractivity contribution in [3.05, 3.63) is 53.1 Å². The van der Waals surface area contributed by atoms with Crippen molar-refractivity contribution < 1.29 is 23.8 Å². The van der Waals surface area contributed by atoms with Crippen LogP contribution in [0.4, 0.5) is 5.69 Å². The predicted molar refractivity (Wildman–Crippen MR) is 94.4 cm³/mol. The van der Waals surface area contributed by atoms with E-state index in [0.29, 0.717) is 22.7 Å². The average Bonchev–Trinajstić information content (AvgIpc) is 2.62. The molecular formula is C19H21NO5. The second-order valence-electron chi connectivity index (χ2n) is 5.44. The zero-order chi connectivity index (χ0) is 18.4. The number of carbonyl (C=O) groups excluding carboxylic acids is 2. The van der Waals surface area contributed by atoms with Gasteiger partial charge in [-0.2, -0.15) is 0 Å². The fraction of sp³-hybridized carbons (Fsp3) is 0.263. The Bertz CT molecular complexity index is 785. The summed E-state index contributed by atoms with van der Waals surface area (Å²) in [5.74, 6) is 0.526. The second kappa shape index (κ2) is 8.19. The molecule has 0 aromatic heterocycles. The summed E-state index contributed by atoms with van der Waals surface area (Å²) < 4.78 is 15.1. The highest BCUT2D eigenvalue weighted by molar-refractivity contribution is 5.96. The molecule has 0 saturated heterocycles. The number of carbonyl (C=O) groups is 2. The van der Waals surface area contributed by atoms with Gasteiger partial charge in [0.1, 0.15) is 0 Å². The number of aryl methyl sites for hydroxylation is 1. The van der Waals surface area contributed by atoms with Crippen LogP contribution in [-0.2, 0) is 16.0 Å². The Morgan fingerprint density at radius 2 is 1.68 bits per heavy atom. The Balaban J connectivity index is 2.14. The van der Waals surface area contributed by atoms with E-state index in [1.165, 1.54) is 7.11 Å². The van der Waals surface area contributed by atoms with Gasteiger partial charge in [0.2, 0.25) is 5.91 Å². The first-order valence-corrected chi connectivity index (χ1v) is 7.68. The molecule has 0 unspecified atom stereocenters. The minimum absolute atomic E-state index is 0.169. The Kier molecular flexibility index (Phi) is 6.00. The Morgan fingerprint density at radius 3 is 2.32 bits per heavy atom. The largest absolute Gasteiger partial charge is 0.493 e. The number of anilines is 1. The monoisotopic (exact) mass is 343 g/mol. The molecule has 0 spiro atoms. The molecule has 0 aliphatic heterocycles. The molecule has 2 aromatic carbocycles. The van der Waals surface area contributed by atoms with Gasteiger partial charge in [0.25, 0.3) is 0 Å². The summed E-state index contributed by atoms with van der Waals surface area (Å²) in [6.07, 6.45) is 0.169. The highest BCUT2D eigenvalue weighted by Gasteiger charge is 2.12. The summed E-state index contributed by atoms with van der Waals surface area (Å²) in [6, 6.07) is 10.3. The minimum atomic E-state index is -0.449. The second-order valence-corrected chi connectivity index (χ2v) is 5.44. The summed E-state index contributed by atoms with van der Waals surface area (Å²) >= 11 is 0. The van der Waals surface area contributed by atoms with Crippen molar-refractivity contribution in [3.63, 3.8) is 0 Å². The van der Waals surface area contributed by atoms with Crippen molar-refractivity contribution in [2.75, 3.05) is 26.6 Å². The fourth-order valence-electron chi connectivity index (χ4n) is 2.37. The maximum Gasteiger partial charge on any atom is 0.337 e. The number of amides is 1. The van der Waals surface area contributed by atoms with Crippen molar-refractivity contribution in [2.45, 2.75) is 13.3 Å². The van der Waals surface area contributed by atoms with Crippen LogP contribution in [0.2, 0.25) is 0 Å². The van der Waals surface area contributed by atoms with Gasteiger partial charge in [0, 0.05) is 5.69 Å². The molecular weight excluding hydrogens is 322 g/mol. The number of esters is 1. The smallest absolute Gasteiger partial charge is 0.337 e. The van der Waals surface area contributed by atoms with Gasteiger partial charge in [-0.15, -0.1) is 0 Å². The van der Waals surface area contributed by atoms with E-state index in [4.69, 9.17) is 14.2 Å². The summed E-state index contributed by atoms with van der Waals surface area (Å²) in [4.78, 5) is 24.0. The number of hydrogen-bond acceptors (Lipinski definition) is 5. The molecule has 2 rings (SSSR count). The molecule has 0 heterocycles. The van der Waals surface area contributed by atoms with Gasteiger partial charge in [0.05, 0.1) is 33.3 Å². The first-order chi connectivity index (χ1) is 12.0. The molecule has 132 valence electrons. The van der Waals surface area contributed by atoms with Gasteiger partial charge in [0.15, 0.2) is 11.5 Å². The van der Waals surface area contributed by atoms with Crippen molar-refractivity contribution >= 4 is 17.6 Å². The van der Waals surface area contributed by atoms with Crippen LogP contribution in [0.1, 0.15) is 21.5 Å². The molecule has 6 nitrogen and oxygen atoms in total. The summed E-state index contributed by atoms with van der Waals surface area (Å²) in [6.45, 7) is 1.85. The zero-order valence-electron chi connectivity index (χ0n) is 14.7. The third-order valence-corrected chi connectivity index (χ3v) is 3.75. The van der Waals surface area contributed by atoms with Crippen molar-refractivity contribution in [2.24, 2.45) is 0 Å². The maximum absolute atomic E-state index is 12.3. The van der Waals surface area contributed by atoms with Crippen LogP contribution < -0.4 is 14.8 Å². The molecule has 25 heavy (non-hydrogen) atoms. The Labute approximate surface area is 146 Å². The fourth-order valence-corrected chi connectivity index (χ4v) is 2.37. The van der Waals surface area contributed by atoms with E-state index in [9.17, 15) is 9.59 Å². The van der Waals surface area contributed by atoms with Crippen molar-refractivity contribution in [1.29, 1.82) is 0 Å². The van der Waals surface area contributed by atoms with Gasteiger partial charge >= 0.3 is 5.97 Å². The lowest BCUT2D eigenvalue weighted by atomic mass is 10.1. The number of methoxy groups -OCH3 is 3. The van der Waals surface area contributed by atoms with E-state index in [-0.39, 0.29) is 12.3 Å². The molecule has 0 saturated carbocycles. The van der Waals surface area contributed by atoms with E-state index in [1.807, 2.05) is 6.92 Å². The molecule has 0 bridgehead atoms. The molecule has 0 aliphatic carbocycles. The van der Waals surface area contributed by atoms with Gasteiger partial charge in [-0.05, 0) is 42.3 Å². The lowest BCUT2D eigenvalue weighted by Crippen LogP contribution is -2.16. The number of ether oxygens (including phenoxy) is 3. The molecule has 1 amide bonds. The van der Waals surface area contributed by atoms with Crippen LogP contribution in [0.5, 0.6) is 11.5 Å². The number of nitrogens with one attached hydrogen (secondary N) is 1. The summed E-state index contributed by atoms with van der Waals surface area (Å²) in [5.41, 5.74) is 2.60. The third kappa shape index (κ3) is 4.50. The Morgan fingerprint density at radius 1 is 0.960 bits per heavy atom. The number of hydrogen-bond donors (Lipinski definition) is 1. The van der Waals surface area contributed by atoms with E-state index < -0.39 is 5.97 Å². The molecule has 6 heteroatoms. The molecule has 0 fully saturated rings. The normalized spacial score (nSPS) is 10.1. The van der Waals surface area contributed by atoms with Crippen LogP contribution in [0.25, 0.3) is 0 Å². The van der Waals surface area contributed by atoms with Crippen molar-refractivity contribution in [3.8, 4) is 11.5 Å². The highest BCUT2D eigenvalue weighted by atomic mass is 16.5. The Hall–Kier alpha value is -3.02. The third-order valence-electron chi connectivity index (χ3n) is 3.75. The quantitative estimate of drug-likeness (QED) is 0.816. The number of benzene rings is 2. The van der Waals surface area contributed by atoms with E-state index in [1.54, 1.807) is 50.6 Å². The van der Waals surface area contributed by atoms with Crippen LogP contribution in [-0.4, -0.2) is 33.2 Å².